The molecule has 2 aromatic heterocycles. The first-order chi connectivity index (χ1) is 11.6. The molecule has 0 radical (unpaired) electrons. The van der Waals surface area contributed by atoms with Gasteiger partial charge < -0.3 is 19.9 Å². The van der Waals surface area contributed by atoms with E-state index >= 15 is 0 Å². The second-order valence-electron chi connectivity index (χ2n) is 5.65. The summed E-state index contributed by atoms with van der Waals surface area (Å²) < 4.78 is 7.04. The Bertz CT molecular complexity index is 643. The van der Waals surface area contributed by atoms with Crippen LogP contribution in [-0.4, -0.2) is 47.5 Å². The molecule has 0 spiro atoms. The zero-order chi connectivity index (χ0) is 17.4. The van der Waals surface area contributed by atoms with Crippen molar-refractivity contribution in [2.45, 2.75) is 26.3 Å². The van der Waals surface area contributed by atoms with Gasteiger partial charge in [0.05, 0.1) is 6.61 Å². The van der Waals surface area contributed by atoms with E-state index in [1.54, 1.807) is 18.4 Å². The van der Waals surface area contributed by atoms with Gasteiger partial charge in [-0.1, -0.05) is 6.92 Å². The molecule has 9 heteroatoms. The lowest BCUT2D eigenvalue weighted by Gasteiger charge is -2.16. The van der Waals surface area contributed by atoms with E-state index in [-0.39, 0.29) is 24.0 Å². The van der Waals surface area contributed by atoms with Gasteiger partial charge in [-0.2, -0.15) is 11.3 Å². The lowest BCUT2D eigenvalue weighted by Crippen LogP contribution is -2.40. The number of guanidine groups is 1. The van der Waals surface area contributed by atoms with E-state index < -0.39 is 0 Å². The first-order valence-electron chi connectivity index (χ1n) is 8.00. The predicted molar refractivity (Wildman–Crippen MR) is 113 cm³/mol. The highest BCUT2D eigenvalue weighted by Crippen LogP contribution is 2.16. The van der Waals surface area contributed by atoms with Crippen molar-refractivity contribution in [2.75, 3.05) is 26.8 Å². The van der Waals surface area contributed by atoms with Crippen LogP contribution < -0.4 is 10.6 Å². The van der Waals surface area contributed by atoms with Gasteiger partial charge in [0, 0.05) is 27.2 Å². The average molecular weight is 478 g/mol. The molecule has 0 saturated carbocycles. The number of nitrogens with one attached hydrogen (secondary N) is 2. The molecule has 2 rings (SSSR count). The summed E-state index contributed by atoms with van der Waals surface area (Å²) in [6.45, 7) is 6.75. The third-order valence-electron chi connectivity index (χ3n) is 3.85. The monoisotopic (exact) mass is 478 g/mol. The third-order valence-corrected chi connectivity index (χ3v) is 4.55. The molecule has 0 aliphatic heterocycles. The number of halogens is 1. The molecule has 0 fully saturated rings. The molecule has 0 amide bonds. The smallest absolute Gasteiger partial charge is 0.191 e. The molecule has 0 aromatic carbocycles. The van der Waals surface area contributed by atoms with Crippen LogP contribution in [0.5, 0.6) is 0 Å². The largest absolute Gasteiger partial charge is 0.383 e. The molecule has 0 bridgehead atoms. The molecule has 0 aliphatic carbocycles. The van der Waals surface area contributed by atoms with Crippen molar-refractivity contribution in [1.82, 2.24) is 25.4 Å². The summed E-state index contributed by atoms with van der Waals surface area (Å²) in [5.74, 6) is 2.90. The van der Waals surface area contributed by atoms with Crippen LogP contribution in [0.3, 0.4) is 0 Å². The van der Waals surface area contributed by atoms with Gasteiger partial charge in [0.2, 0.25) is 0 Å². The first kappa shape index (κ1) is 21.8. The van der Waals surface area contributed by atoms with Crippen LogP contribution in [0.2, 0.25) is 0 Å². The number of ether oxygens (including phenoxy) is 1. The molecule has 1 unspecified atom stereocenters. The number of methoxy groups -OCH3 is 1. The highest BCUT2D eigenvalue weighted by atomic mass is 127. The maximum Gasteiger partial charge on any atom is 0.191 e. The minimum Gasteiger partial charge on any atom is -0.383 e. The molecule has 2 aromatic rings. The number of hydrogen-bond donors (Lipinski definition) is 2. The van der Waals surface area contributed by atoms with Crippen LogP contribution in [0.25, 0.3) is 0 Å². The zero-order valence-electron chi connectivity index (χ0n) is 15.2. The number of aliphatic imine (C=N–C) groups is 1. The van der Waals surface area contributed by atoms with Crippen molar-refractivity contribution < 1.29 is 4.74 Å². The molecule has 1 atom stereocenters. The summed E-state index contributed by atoms with van der Waals surface area (Å²) in [5, 5.41) is 19.2. The quantitative estimate of drug-likeness (QED) is 0.264. The lowest BCUT2D eigenvalue weighted by atomic mass is 10.1. The van der Waals surface area contributed by atoms with Crippen LogP contribution in [0, 0.1) is 6.92 Å². The number of hydrogen-bond acceptors (Lipinski definition) is 5. The number of aromatic nitrogens is 3. The fourth-order valence-corrected chi connectivity index (χ4v) is 2.89. The van der Waals surface area contributed by atoms with E-state index in [0.717, 1.165) is 24.2 Å². The summed E-state index contributed by atoms with van der Waals surface area (Å²) in [6, 6.07) is 2.16. The molecular formula is C16H27IN6OS. The summed E-state index contributed by atoms with van der Waals surface area (Å²) in [4.78, 5) is 4.61. The Balaban J connectivity index is 0.00000312. The number of rotatable bonds is 8. The van der Waals surface area contributed by atoms with Gasteiger partial charge in [-0.3, -0.25) is 0 Å². The normalized spacial score (nSPS) is 12.6. The highest BCUT2D eigenvalue weighted by Gasteiger charge is 2.08. The second-order valence-corrected chi connectivity index (χ2v) is 6.43. The van der Waals surface area contributed by atoms with E-state index in [4.69, 9.17) is 4.74 Å². The number of aryl methyl sites for hydroxylation is 1. The van der Waals surface area contributed by atoms with Crippen molar-refractivity contribution in [2.24, 2.45) is 12.0 Å². The molecule has 2 heterocycles. The fourth-order valence-electron chi connectivity index (χ4n) is 2.11. The van der Waals surface area contributed by atoms with E-state index in [1.165, 1.54) is 5.56 Å². The molecule has 2 N–H and O–H groups in total. The van der Waals surface area contributed by atoms with Crippen LogP contribution in [0.4, 0.5) is 0 Å². The van der Waals surface area contributed by atoms with Gasteiger partial charge in [-0.05, 0) is 35.2 Å². The Morgan fingerprint density at radius 3 is 2.80 bits per heavy atom. The van der Waals surface area contributed by atoms with Crippen LogP contribution >= 0.6 is 35.3 Å². The fraction of sp³-hybridized carbons (Fsp3) is 0.562. The average Bonchev–Trinajstić information content (AvgIpc) is 3.22. The Hall–Kier alpha value is -1.20. The van der Waals surface area contributed by atoms with Crippen molar-refractivity contribution in [3.05, 3.63) is 34.0 Å². The maximum absolute atomic E-state index is 5.09. The molecule has 25 heavy (non-hydrogen) atoms. The summed E-state index contributed by atoms with van der Waals surface area (Å²) >= 11 is 1.72. The second kappa shape index (κ2) is 11.4. The van der Waals surface area contributed by atoms with Crippen molar-refractivity contribution in [3.63, 3.8) is 0 Å². The Labute approximate surface area is 170 Å². The van der Waals surface area contributed by atoms with Gasteiger partial charge in [-0.15, -0.1) is 34.2 Å². The Kier molecular flexibility index (Phi) is 9.98. The van der Waals surface area contributed by atoms with Gasteiger partial charge in [-0.25, -0.2) is 4.99 Å². The Morgan fingerprint density at radius 1 is 1.40 bits per heavy atom. The van der Waals surface area contributed by atoms with Crippen LogP contribution in [-0.2, 0) is 18.3 Å². The number of nitrogens with zero attached hydrogens (tertiary/aromatic N) is 4. The Morgan fingerprint density at radius 2 is 2.20 bits per heavy atom. The van der Waals surface area contributed by atoms with E-state index in [2.05, 4.69) is 49.6 Å². The zero-order valence-corrected chi connectivity index (χ0v) is 18.3. The van der Waals surface area contributed by atoms with Crippen LogP contribution in [0.1, 0.15) is 30.1 Å². The van der Waals surface area contributed by atoms with E-state index in [0.29, 0.717) is 25.6 Å². The number of thiophene rings is 1. The summed E-state index contributed by atoms with van der Waals surface area (Å²) in [6.07, 6.45) is 0. The maximum atomic E-state index is 5.09. The minimum atomic E-state index is 0. The standard InChI is InChI=1S/C16H26N6OS.HI/c1-12(14-5-8-24-11-14)9-18-16(17-6-7-23-4)19-10-15-21-20-13(2)22(15)3;/h5,8,11-12H,6-7,9-10H2,1-4H3,(H2,17,18,19);1H. The lowest BCUT2D eigenvalue weighted by molar-refractivity contribution is 0.203. The molecule has 0 saturated heterocycles. The SMILES string of the molecule is COCCNC(=NCc1nnc(C)n1C)NCC(C)c1ccsc1.I. The molecule has 0 aliphatic rings. The van der Waals surface area contributed by atoms with Gasteiger partial charge >= 0.3 is 0 Å². The van der Waals surface area contributed by atoms with Crippen molar-refractivity contribution in [3.8, 4) is 0 Å². The van der Waals surface area contributed by atoms with Crippen molar-refractivity contribution in [1.29, 1.82) is 0 Å². The third kappa shape index (κ3) is 6.90. The first-order valence-corrected chi connectivity index (χ1v) is 8.94. The van der Waals surface area contributed by atoms with Gasteiger partial charge in [0.15, 0.2) is 11.8 Å². The molecule has 7 nitrogen and oxygen atoms in total. The topological polar surface area (TPSA) is 76.4 Å². The predicted octanol–water partition coefficient (Wildman–Crippen LogP) is 2.29. The highest BCUT2D eigenvalue weighted by molar-refractivity contribution is 14.0. The van der Waals surface area contributed by atoms with Gasteiger partial charge in [0.1, 0.15) is 12.4 Å². The van der Waals surface area contributed by atoms with Crippen molar-refractivity contribution >= 4 is 41.3 Å². The van der Waals surface area contributed by atoms with E-state index in [1.807, 2.05) is 18.5 Å². The van der Waals surface area contributed by atoms with Gasteiger partial charge in [0.25, 0.3) is 0 Å². The summed E-state index contributed by atoms with van der Waals surface area (Å²) in [5.41, 5.74) is 1.34. The molecule has 140 valence electrons. The summed E-state index contributed by atoms with van der Waals surface area (Å²) in [7, 11) is 3.64. The van der Waals surface area contributed by atoms with Crippen LogP contribution in [0.15, 0.2) is 21.8 Å². The minimum absolute atomic E-state index is 0. The molecular weight excluding hydrogens is 451 g/mol. The van der Waals surface area contributed by atoms with E-state index in [9.17, 15) is 0 Å².